The fraction of sp³-hybridized carbons (Fsp3) is 0.391. The largest absolute Gasteiger partial charge is 0.497 e. The van der Waals surface area contributed by atoms with Crippen molar-refractivity contribution in [3.63, 3.8) is 0 Å². The monoisotopic (exact) mass is 365 g/mol. The molecule has 0 saturated heterocycles. The highest BCUT2D eigenvalue weighted by molar-refractivity contribution is 5.68. The predicted molar refractivity (Wildman–Crippen MR) is 106 cm³/mol. The van der Waals surface area contributed by atoms with Gasteiger partial charge in [0, 0.05) is 0 Å². The van der Waals surface area contributed by atoms with Crippen molar-refractivity contribution >= 4 is 5.97 Å². The maximum Gasteiger partial charge on any atom is 0.303 e. The summed E-state index contributed by atoms with van der Waals surface area (Å²) < 4.78 is 5.34. The van der Waals surface area contributed by atoms with E-state index in [-0.39, 0.29) is 6.42 Å². The number of carboxylic acids is 1. The van der Waals surface area contributed by atoms with E-state index in [1.54, 1.807) is 7.11 Å². The Labute approximate surface area is 161 Å². The summed E-state index contributed by atoms with van der Waals surface area (Å²) in [5.41, 5.74) is 0.361. The number of benzene rings is 2. The van der Waals surface area contributed by atoms with Gasteiger partial charge < -0.3 is 9.84 Å². The fourth-order valence-electron chi connectivity index (χ4n) is 3.77. The van der Waals surface area contributed by atoms with Crippen LogP contribution in [0.1, 0.15) is 44.2 Å². The number of aryl methyl sites for hydroxylation is 1. The summed E-state index contributed by atoms with van der Waals surface area (Å²) in [6.07, 6.45) is 2.13. The smallest absolute Gasteiger partial charge is 0.303 e. The van der Waals surface area contributed by atoms with Gasteiger partial charge in [-0.3, -0.25) is 4.79 Å². The predicted octanol–water partition coefficient (Wildman–Crippen LogP) is 4.98. The van der Waals surface area contributed by atoms with Crippen molar-refractivity contribution in [1.82, 2.24) is 0 Å². The molecule has 27 heavy (non-hydrogen) atoms. The zero-order valence-electron chi connectivity index (χ0n) is 16.2. The molecule has 0 bridgehead atoms. The first-order valence-corrected chi connectivity index (χ1v) is 9.16. The van der Waals surface area contributed by atoms with Gasteiger partial charge in [0.2, 0.25) is 0 Å². The van der Waals surface area contributed by atoms with E-state index in [1.165, 1.54) is 5.56 Å². The molecular formula is C23H27NO3. The molecule has 0 spiro atoms. The van der Waals surface area contributed by atoms with Crippen LogP contribution in [0.25, 0.3) is 0 Å². The van der Waals surface area contributed by atoms with Crippen LogP contribution >= 0.6 is 0 Å². The van der Waals surface area contributed by atoms with Crippen molar-refractivity contribution in [3.05, 3.63) is 65.7 Å². The highest BCUT2D eigenvalue weighted by atomic mass is 16.5. The quantitative estimate of drug-likeness (QED) is 0.680. The van der Waals surface area contributed by atoms with Crippen molar-refractivity contribution < 1.29 is 14.6 Å². The number of carbonyl (C=O) groups is 1. The van der Waals surface area contributed by atoms with E-state index >= 15 is 0 Å². The molecule has 4 nitrogen and oxygen atoms in total. The van der Waals surface area contributed by atoms with Gasteiger partial charge in [-0.15, -0.1) is 0 Å². The number of aliphatic carboxylic acids is 1. The van der Waals surface area contributed by atoms with E-state index in [9.17, 15) is 15.2 Å². The Kier molecular flexibility index (Phi) is 6.63. The molecule has 0 aliphatic carbocycles. The van der Waals surface area contributed by atoms with E-state index < -0.39 is 16.8 Å². The number of nitrogens with zero attached hydrogens (tertiary/aromatic N) is 1. The average molecular weight is 365 g/mol. The molecule has 1 atom stereocenters. The van der Waals surface area contributed by atoms with Gasteiger partial charge in [0.1, 0.15) is 5.75 Å². The number of hydrogen-bond donors (Lipinski definition) is 1. The first kappa shape index (κ1) is 20.5. The maximum atomic E-state index is 11.5. The summed E-state index contributed by atoms with van der Waals surface area (Å²) in [6.45, 7) is 3.73. The molecule has 0 saturated carbocycles. The van der Waals surface area contributed by atoms with Crippen molar-refractivity contribution in [2.24, 2.45) is 5.41 Å². The van der Waals surface area contributed by atoms with Gasteiger partial charge >= 0.3 is 5.97 Å². The lowest BCUT2D eigenvalue weighted by molar-refractivity contribution is -0.140. The van der Waals surface area contributed by atoms with E-state index in [4.69, 9.17) is 4.74 Å². The number of ether oxygens (including phenoxy) is 1. The summed E-state index contributed by atoms with van der Waals surface area (Å²) in [6, 6.07) is 20.1. The zero-order valence-corrected chi connectivity index (χ0v) is 16.2. The first-order chi connectivity index (χ1) is 12.8. The van der Waals surface area contributed by atoms with Crippen molar-refractivity contribution in [3.8, 4) is 11.8 Å². The van der Waals surface area contributed by atoms with Crippen LogP contribution in [0.4, 0.5) is 0 Å². The lowest BCUT2D eigenvalue weighted by Crippen LogP contribution is -2.42. The molecular weight excluding hydrogens is 338 g/mol. The van der Waals surface area contributed by atoms with Crippen LogP contribution < -0.4 is 4.74 Å². The molecule has 2 aromatic carbocycles. The summed E-state index contributed by atoms with van der Waals surface area (Å²) in [5, 5.41) is 19.7. The highest BCUT2D eigenvalue weighted by Gasteiger charge is 2.47. The summed E-state index contributed by atoms with van der Waals surface area (Å²) in [7, 11) is 1.59. The second-order valence-electron chi connectivity index (χ2n) is 7.54. The second kappa shape index (κ2) is 8.73. The Morgan fingerprint density at radius 3 is 2.44 bits per heavy atom. The maximum absolute atomic E-state index is 11.5. The van der Waals surface area contributed by atoms with Crippen LogP contribution in [0.5, 0.6) is 5.75 Å². The standard InChI is InChI=1S/C23H27NO3/c1-22(2,16-21(25)26)23(17-24,19-12-7-13-20(15-19)27-3)14-8-11-18-9-5-4-6-10-18/h4-7,9-10,12-13,15H,8,11,14,16H2,1-3H3,(H,25,26). The molecule has 0 fully saturated rings. The Balaban J connectivity index is 2.39. The van der Waals surface area contributed by atoms with Gasteiger partial charge in [-0.05, 0) is 47.9 Å². The minimum Gasteiger partial charge on any atom is -0.497 e. The van der Waals surface area contributed by atoms with Crippen LogP contribution in [0.2, 0.25) is 0 Å². The van der Waals surface area contributed by atoms with Gasteiger partial charge in [0.15, 0.2) is 0 Å². The van der Waals surface area contributed by atoms with E-state index in [2.05, 4.69) is 18.2 Å². The summed E-state index contributed by atoms with van der Waals surface area (Å²) >= 11 is 0. The van der Waals surface area contributed by atoms with Gasteiger partial charge in [-0.1, -0.05) is 56.3 Å². The van der Waals surface area contributed by atoms with Crippen molar-refractivity contribution in [1.29, 1.82) is 5.26 Å². The third-order valence-corrected chi connectivity index (χ3v) is 5.36. The second-order valence-corrected chi connectivity index (χ2v) is 7.54. The van der Waals surface area contributed by atoms with Crippen LogP contribution in [0.3, 0.4) is 0 Å². The molecule has 142 valence electrons. The number of nitriles is 1. The van der Waals surface area contributed by atoms with Crippen LogP contribution in [0, 0.1) is 16.7 Å². The lowest BCUT2D eigenvalue weighted by Gasteiger charge is -2.41. The Hall–Kier alpha value is -2.80. The fourth-order valence-corrected chi connectivity index (χ4v) is 3.77. The molecule has 0 heterocycles. The van der Waals surface area contributed by atoms with Gasteiger partial charge in [-0.2, -0.15) is 5.26 Å². The van der Waals surface area contributed by atoms with E-state index in [0.29, 0.717) is 12.2 Å². The topological polar surface area (TPSA) is 70.3 Å². The number of methoxy groups -OCH3 is 1. The highest BCUT2D eigenvalue weighted by Crippen LogP contribution is 2.48. The molecule has 2 aromatic rings. The number of rotatable bonds is 9. The van der Waals surface area contributed by atoms with Gasteiger partial charge in [0.05, 0.1) is 25.0 Å². The van der Waals surface area contributed by atoms with Crippen molar-refractivity contribution in [2.75, 3.05) is 7.11 Å². The minimum absolute atomic E-state index is 0.0803. The molecule has 0 aliphatic heterocycles. The third-order valence-electron chi connectivity index (χ3n) is 5.36. The Morgan fingerprint density at radius 2 is 1.85 bits per heavy atom. The summed E-state index contributed by atoms with van der Waals surface area (Å²) in [4.78, 5) is 11.5. The van der Waals surface area contributed by atoms with Gasteiger partial charge in [0.25, 0.3) is 0 Å². The zero-order chi connectivity index (χ0) is 19.9. The Morgan fingerprint density at radius 1 is 1.15 bits per heavy atom. The molecule has 0 radical (unpaired) electrons. The molecule has 0 amide bonds. The average Bonchev–Trinajstić information content (AvgIpc) is 2.65. The number of hydrogen-bond acceptors (Lipinski definition) is 3. The minimum atomic E-state index is -0.922. The molecule has 2 rings (SSSR count). The normalized spacial score (nSPS) is 13.4. The van der Waals surface area contributed by atoms with E-state index in [0.717, 1.165) is 18.4 Å². The molecule has 4 heteroatoms. The van der Waals surface area contributed by atoms with Crippen LogP contribution in [0.15, 0.2) is 54.6 Å². The molecule has 0 aliphatic rings. The van der Waals surface area contributed by atoms with Crippen molar-refractivity contribution in [2.45, 2.75) is 44.9 Å². The first-order valence-electron chi connectivity index (χ1n) is 9.16. The van der Waals surface area contributed by atoms with E-state index in [1.807, 2.05) is 56.3 Å². The number of carboxylic acid groups (broad SMARTS) is 1. The molecule has 1 unspecified atom stereocenters. The molecule has 0 aromatic heterocycles. The van der Waals surface area contributed by atoms with Crippen LogP contribution in [-0.4, -0.2) is 18.2 Å². The Bertz CT molecular complexity index is 808. The summed E-state index contributed by atoms with van der Waals surface area (Å²) in [5.74, 6) is -0.230. The SMILES string of the molecule is COc1cccc(C(C#N)(CCCc2ccccc2)C(C)(C)CC(=O)O)c1. The third kappa shape index (κ3) is 4.68. The van der Waals surface area contributed by atoms with Gasteiger partial charge in [-0.25, -0.2) is 0 Å². The molecule has 1 N–H and O–H groups in total. The van der Waals surface area contributed by atoms with Crippen LogP contribution in [-0.2, 0) is 16.6 Å². The lowest BCUT2D eigenvalue weighted by atomic mass is 9.59.